The fourth-order valence-corrected chi connectivity index (χ4v) is 2.79. The summed E-state index contributed by atoms with van der Waals surface area (Å²) in [4.78, 5) is 9.24. The Morgan fingerprint density at radius 1 is 0.950 bits per heavy atom. The SMILES string of the molecule is NNc1cc(Sc2ccc3ccccc3c2)nc(N)n1. The van der Waals surface area contributed by atoms with Crippen LogP contribution in [0.1, 0.15) is 0 Å². The van der Waals surface area contributed by atoms with Gasteiger partial charge in [-0.2, -0.15) is 4.98 Å². The van der Waals surface area contributed by atoms with Crippen molar-refractivity contribution < 1.29 is 0 Å². The number of rotatable bonds is 3. The Kier molecular flexibility index (Phi) is 3.41. The fraction of sp³-hybridized carbons (Fsp3) is 0. The first-order chi connectivity index (χ1) is 9.74. The maximum absolute atomic E-state index is 5.65. The molecule has 1 aromatic heterocycles. The second-order valence-corrected chi connectivity index (χ2v) is 5.30. The minimum absolute atomic E-state index is 0.198. The van der Waals surface area contributed by atoms with Gasteiger partial charge in [-0.1, -0.05) is 42.1 Å². The van der Waals surface area contributed by atoms with E-state index >= 15 is 0 Å². The van der Waals surface area contributed by atoms with Crippen LogP contribution < -0.4 is 17.0 Å². The smallest absolute Gasteiger partial charge is 0.223 e. The highest BCUT2D eigenvalue weighted by Gasteiger charge is 2.04. The number of fused-ring (bicyclic) bond motifs is 1. The molecule has 0 atom stereocenters. The van der Waals surface area contributed by atoms with Gasteiger partial charge in [0.1, 0.15) is 10.8 Å². The van der Waals surface area contributed by atoms with Crippen LogP contribution in [0.15, 0.2) is 58.5 Å². The zero-order valence-corrected chi connectivity index (χ0v) is 11.4. The minimum Gasteiger partial charge on any atom is -0.368 e. The summed E-state index contributed by atoms with van der Waals surface area (Å²) in [7, 11) is 0. The summed E-state index contributed by atoms with van der Waals surface area (Å²) < 4.78 is 0. The van der Waals surface area contributed by atoms with Gasteiger partial charge in [0, 0.05) is 11.0 Å². The molecule has 0 aliphatic heterocycles. The lowest BCUT2D eigenvalue weighted by Crippen LogP contribution is -2.10. The highest BCUT2D eigenvalue weighted by atomic mass is 32.2. The summed E-state index contributed by atoms with van der Waals surface area (Å²) in [5.41, 5.74) is 8.13. The van der Waals surface area contributed by atoms with Crippen molar-refractivity contribution >= 4 is 34.3 Å². The summed E-state index contributed by atoms with van der Waals surface area (Å²) in [5, 5.41) is 3.15. The first-order valence-corrected chi connectivity index (χ1v) is 6.84. The molecule has 0 radical (unpaired) electrons. The van der Waals surface area contributed by atoms with Gasteiger partial charge in [-0.05, 0) is 22.9 Å². The van der Waals surface area contributed by atoms with Crippen molar-refractivity contribution in [2.24, 2.45) is 5.84 Å². The first kappa shape index (κ1) is 12.7. The number of aromatic nitrogens is 2. The number of nitrogens with zero attached hydrogens (tertiary/aromatic N) is 2. The number of nitrogens with one attached hydrogen (secondary N) is 1. The molecule has 0 amide bonds. The molecule has 6 heteroatoms. The standard InChI is InChI=1S/C14H13N5S/c15-14-17-12(19-16)8-13(18-14)20-11-6-5-9-3-1-2-4-10(9)7-11/h1-8H,16H2,(H3,15,17,18,19). The maximum Gasteiger partial charge on any atom is 0.223 e. The largest absolute Gasteiger partial charge is 0.368 e. The predicted molar refractivity (Wildman–Crippen MR) is 82.3 cm³/mol. The average Bonchev–Trinajstić information content (AvgIpc) is 2.46. The fourth-order valence-electron chi connectivity index (χ4n) is 1.92. The van der Waals surface area contributed by atoms with Gasteiger partial charge < -0.3 is 11.2 Å². The average molecular weight is 283 g/mol. The molecular weight excluding hydrogens is 270 g/mol. The van der Waals surface area contributed by atoms with Crippen LogP contribution in [0.4, 0.5) is 11.8 Å². The van der Waals surface area contributed by atoms with Crippen molar-refractivity contribution in [2.75, 3.05) is 11.2 Å². The zero-order chi connectivity index (χ0) is 13.9. The van der Waals surface area contributed by atoms with Gasteiger partial charge in [-0.25, -0.2) is 10.8 Å². The van der Waals surface area contributed by atoms with E-state index in [4.69, 9.17) is 11.6 Å². The maximum atomic E-state index is 5.65. The molecule has 3 aromatic rings. The molecule has 0 aliphatic carbocycles. The summed E-state index contributed by atoms with van der Waals surface area (Å²) >= 11 is 1.52. The quantitative estimate of drug-likeness (QED) is 0.389. The van der Waals surface area contributed by atoms with E-state index in [1.807, 2.05) is 12.1 Å². The molecule has 0 fully saturated rings. The molecule has 100 valence electrons. The number of anilines is 2. The van der Waals surface area contributed by atoms with Crippen LogP contribution in [-0.4, -0.2) is 9.97 Å². The molecule has 3 rings (SSSR count). The van der Waals surface area contributed by atoms with Gasteiger partial charge in [-0.15, -0.1) is 0 Å². The van der Waals surface area contributed by atoms with Gasteiger partial charge in [0.25, 0.3) is 0 Å². The molecule has 0 spiro atoms. The first-order valence-electron chi connectivity index (χ1n) is 6.02. The van der Waals surface area contributed by atoms with E-state index in [0.717, 1.165) is 9.92 Å². The van der Waals surface area contributed by atoms with Gasteiger partial charge in [-0.3, -0.25) is 0 Å². The molecular formula is C14H13N5S. The third kappa shape index (κ3) is 2.66. The van der Waals surface area contributed by atoms with Crippen LogP contribution in [-0.2, 0) is 0 Å². The summed E-state index contributed by atoms with van der Waals surface area (Å²) in [6.07, 6.45) is 0. The monoisotopic (exact) mass is 283 g/mol. The predicted octanol–water partition coefficient (Wildman–Crippen LogP) is 2.65. The highest BCUT2D eigenvalue weighted by molar-refractivity contribution is 7.99. The van der Waals surface area contributed by atoms with Crippen LogP contribution in [0.3, 0.4) is 0 Å². The van der Waals surface area contributed by atoms with Crippen molar-refractivity contribution in [2.45, 2.75) is 9.92 Å². The van der Waals surface area contributed by atoms with Crippen molar-refractivity contribution in [1.82, 2.24) is 9.97 Å². The van der Waals surface area contributed by atoms with E-state index < -0.39 is 0 Å². The molecule has 5 nitrogen and oxygen atoms in total. The Labute approximate surface area is 120 Å². The zero-order valence-electron chi connectivity index (χ0n) is 10.6. The summed E-state index contributed by atoms with van der Waals surface area (Å²) in [6.45, 7) is 0. The van der Waals surface area contributed by atoms with Crippen molar-refractivity contribution in [3.8, 4) is 0 Å². The van der Waals surface area contributed by atoms with Gasteiger partial charge in [0.15, 0.2) is 0 Å². The minimum atomic E-state index is 0.198. The Morgan fingerprint density at radius 2 is 1.75 bits per heavy atom. The molecule has 1 heterocycles. The van der Waals surface area contributed by atoms with E-state index in [1.54, 1.807) is 6.07 Å². The van der Waals surface area contributed by atoms with Gasteiger partial charge in [0.2, 0.25) is 5.95 Å². The normalized spacial score (nSPS) is 10.7. The van der Waals surface area contributed by atoms with E-state index in [-0.39, 0.29) is 5.95 Å². The van der Waals surface area contributed by atoms with Gasteiger partial charge >= 0.3 is 0 Å². The molecule has 0 bridgehead atoms. The second kappa shape index (κ2) is 5.36. The van der Waals surface area contributed by atoms with E-state index in [2.05, 4.69) is 45.7 Å². The third-order valence-corrected chi connectivity index (χ3v) is 3.72. The molecule has 2 aromatic carbocycles. The lowest BCUT2D eigenvalue weighted by molar-refractivity contribution is 1.05. The summed E-state index contributed by atoms with van der Waals surface area (Å²) in [6, 6.07) is 16.2. The van der Waals surface area contributed by atoms with Crippen LogP contribution in [0.2, 0.25) is 0 Å². The summed E-state index contributed by atoms with van der Waals surface area (Å²) in [5.74, 6) is 6.05. The van der Waals surface area contributed by atoms with E-state index in [1.165, 1.54) is 22.5 Å². The van der Waals surface area contributed by atoms with Crippen LogP contribution >= 0.6 is 11.8 Å². The van der Waals surface area contributed by atoms with Crippen LogP contribution in [0.25, 0.3) is 10.8 Å². The molecule has 5 N–H and O–H groups in total. The van der Waals surface area contributed by atoms with Crippen molar-refractivity contribution in [3.05, 3.63) is 48.5 Å². The van der Waals surface area contributed by atoms with Crippen LogP contribution in [0, 0.1) is 0 Å². The van der Waals surface area contributed by atoms with Crippen LogP contribution in [0.5, 0.6) is 0 Å². The van der Waals surface area contributed by atoms with E-state index in [9.17, 15) is 0 Å². The number of hydrogen-bond acceptors (Lipinski definition) is 6. The Bertz CT molecular complexity index is 759. The number of nitrogen functional groups attached to an aromatic ring is 2. The lowest BCUT2D eigenvalue weighted by atomic mass is 10.1. The molecule has 0 unspecified atom stereocenters. The number of hydrazine groups is 1. The molecule has 20 heavy (non-hydrogen) atoms. The number of hydrogen-bond donors (Lipinski definition) is 3. The van der Waals surface area contributed by atoms with Crippen molar-refractivity contribution in [1.29, 1.82) is 0 Å². The number of benzene rings is 2. The van der Waals surface area contributed by atoms with Crippen molar-refractivity contribution in [3.63, 3.8) is 0 Å². The Morgan fingerprint density at radius 3 is 2.55 bits per heavy atom. The molecule has 0 aliphatic rings. The molecule has 0 saturated carbocycles. The molecule has 0 saturated heterocycles. The van der Waals surface area contributed by atoms with Gasteiger partial charge in [0.05, 0.1) is 0 Å². The Hall–Kier alpha value is -2.31. The Balaban J connectivity index is 1.94. The topological polar surface area (TPSA) is 89.8 Å². The second-order valence-electron chi connectivity index (χ2n) is 4.20. The lowest BCUT2D eigenvalue weighted by Gasteiger charge is -2.06. The number of nitrogens with two attached hydrogens (primary N) is 2. The third-order valence-electron chi connectivity index (χ3n) is 2.81. The highest BCUT2D eigenvalue weighted by Crippen LogP contribution is 2.30. The van der Waals surface area contributed by atoms with E-state index in [0.29, 0.717) is 5.82 Å².